The van der Waals surface area contributed by atoms with Crippen LogP contribution in [0.25, 0.3) is 6.08 Å². The van der Waals surface area contributed by atoms with Crippen LogP contribution in [-0.2, 0) is 21.4 Å². The molecule has 0 aliphatic carbocycles. The van der Waals surface area contributed by atoms with Gasteiger partial charge in [-0.1, -0.05) is 12.1 Å². The minimum Gasteiger partial charge on any atom is -0.487 e. The molecule has 2 aromatic carbocycles. The molecule has 7 nitrogen and oxygen atoms in total. The minimum absolute atomic E-state index is 0.134. The van der Waals surface area contributed by atoms with E-state index in [1.807, 2.05) is 50.4 Å². The Hall–Kier alpha value is -3.01. The first kappa shape index (κ1) is 24.6. The topological polar surface area (TPSA) is 88.6 Å². The van der Waals surface area contributed by atoms with Gasteiger partial charge >= 0.3 is 0 Å². The zero-order chi connectivity index (χ0) is 24.2. The number of nitrogens with zero attached hydrogens (tertiary/aromatic N) is 2. The molecule has 1 heterocycles. The van der Waals surface area contributed by atoms with Crippen molar-refractivity contribution < 1.29 is 17.9 Å². The number of amides is 1. The number of thiazole rings is 1. The number of ether oxygens (including phenoxy) is 1. The Kier molecular flexibility index (Phi) is 7.68. The van der Waals surface area contributed by atoms with Crippen molar-refractivity contribution in [1.82, 2.24) is 9.29 Å². The molecule has 0 saturated carbocycles. The molecule has 0 radical (unpaired) electrons. The highest BCUT2D eigenvalue weighted by Crippen LogP contribution is 2.25. The van der Waals surface area contributed by atoms with Crippen LogP contribution in [0, 0.1) is 20.8 Å². The molecule has 0 fully saturated rings. The maximum atomic E-state index is 12.5. The molecule has 0 bridgehead atoms. The predicted molar refractivity (Wildman–Crippen MR) is 132 cm³/mol. The van der Waals surface area contributed by atoms with Crippen molar-refractivity contribution >= 4 is 39.0 Å². The molecular weight excluding hydrogens is 458 g/mol. The van der Waals surface area contributed by atoms with Crippen LogP contribution < -0.4 is 10.1 Å². The van der Waals surface area contributed by atoms with Crippen LogP contribution in [0.3, 0.4) is 0 Å². The van der Waals surface area contributed by atoms with E-state index in [0.717, 1.165) is 31.7 Å². The monoisotopic (exact) mass is 485 g/mol. The smallest absolute Gasteiger partial charge is 0.248 e. The van der Waals surface area contributed by atoms with E-state index in [2.05, 4.69) is 10.3 Å². The summed E-state index contributed by atoms with van der Waals surface area (Å²) in [6.07, 6.45) is 3.09. The van der Waals surface area contributed by atoms with Gasteiger partial charge in [0.15, 0.2) is 0 Å². The van der Waals surface area contributed by atoms with Gasteiger partial charge in [-0.15, -0.1) is 11.3 Å². The molecule has 3 aromatic rings. The first-order chi connectivity index (χ1) is 15.6. The van der Waals surface area contributed by atoms with Crippen molar-refractivity contribution in [2.24, 2.45) is 0 Å². The maximum absolute atomic E-state index is 12.5. The molecular formula is C24H27N3O4S2. The van der Waals surface area contributed by atoms with Crippen molar-refractivity contribution in [3.8, 4) is 5.75 Å². The van der Waals surface area contributed by atoms with E-state index in [1.54, 1.807) is 23.5 Å². The largest absolute Gasteiger partial charge is 0.487 e. The summed E-state index contributed by atoms with van der Waals surface area (Å²) in [5.74, 6) is 0.317. The quantitative estimate of drug-likeness (QED) is 0.473. The second-order valence-electron chi connectivity index (χ2n) is 7.74. The number of aromatic nitrogens is 1. The molecule has 0 saturated heterocycles. The van der Waals surface area contributed by atoms with E-state index in [-0.39, 0.29) is 10.8 Å². The highest BCUT2D eigenvalue weighted by molar-refractivity contribution is 7.89. The van der Waals surface area contributed by atoms with Crippen molar-refractivity contribution in [3.63, 3.8) is 0 Å². The summed E-state index contributed by atoms with van der Waals surface area (Å²) >= 11 is 1.58. The van der Waals surface area contributed by atoms with Crippen LogP contribution >= 0.6 is 11.3 Å². The zero-order valence-corrected chi connectivity index (χ0v) is 20.9. The van der Waals surface area contributed by atoms with Gasteiger partial charge in [0.1, 0.15) is 12.4 Å². The first-order valence-electron chi connectivity index (χ1n) is 10.2. The Balaban J connectivity index is 1.71. The van der Waals surface area contributed by atoms with Gasteiger partial charge in [-0.05, 0) is 67.8 Å². The summed E-state index contributed by atoms with van der Waals surface area (Å²) in [7, 11) is -0.666. The number of carbonyl (C=O) groups excluding carboxylic acids is 1. The van der Waals surface area contributed by atoms with Gasteiger partial charge in [-0.3, -0.25) is 4.79 Å². The predicted octanol–water partition coefficient (Wildman–Crippen LogP) is 4.55. The SMILES string of the molecule is Cc1nc(COc2cccc(/C=C/C(=O)Nc3cc(S(=O)(=O)N(C)C)cc(C)c3C)c2)cs1. The van der Waals surface area contributed by atoms with E-state index in [9.17, 15) is 13.2 Å². The molecule has 174 valence electrons. The summed E-state index contributed by atoms with van der Waals surface area (Å²) < 4.78 is 31.9. The summed E-state index contributed by atoms with van der Waals surface area (Å²) in [6.45, 7) is 5.98. The summed E-state index contributed by atoms with van der Waals surface area (Å²) in [6, 6.07) is 10.5. The molecule has 0 aliphatic heterocycles. The number of aryl methyl sites for hydroxylation is 2. The molecule has 0 unspecified atom stereocenters. The van der Waals surface area contributed by atoms with Crippen molar-refractivity contribution in [2.45, 2.75) is 32.3 Å². The fourth-order valence-electron chi connectivity index (χ4n) is 3.00. The van der Waals surface area contributed by atoms with E-state index < -0.39 is 10.0 Å². The van der Waals surface area contributed by atoms with Crippen molar-refractivity contribution in [2.75, 3.05) is 19.4 Å². The van der Waals surface area contributed by atoms with Crippen molar-refractivity contribution in [1.29, 1.82) is 0 Å². The summed E-state index contributed by atoms with van der Waals surface area (Å²) in [4.78, 5) is 17.1. The lowest BCUT2D eigenvalue weighted by Gasteiger charge is -2.16. The van der Waals surface area contributed by atoms with Crippen LogP contribution in [0.2, 0.25) is 0 Å². The lowest BCUT2D eigenvalue weighted by Crippen LogP contribution is -2.22. The highest BCUT2D eigenvalue weighted by Gasteiger charge is 2.20. The van der Waals surface area contributed by atoms with Crippen LogP contribution in [0.5, 0.6) is 5.75 Å². The Labute approximate surface area is 198 Å². The number of benzene rings is 2. The Morgan fingerprint density at radius 3 is 2.61 bits per heavy atom. The molecule has 9 heteroatoms. The normalized spacial score (nSPS) is 11.8. The van der Waals surface area contributed by atoms with Gasteiger partial charge in [-0.25, -0.2) is 17.7 Å². The Morgan fingerprint density at radius 2 is 1.94 bits per heavy atom. The third-order valence-electron chi connectivity index (χ3n) is 5.02. The van der Waals surface area contributed by atoms with Gasteiger partial charge in [0.25, 0.3) is 0 Å². The van der Waals surface area contributed by atoms with E-state index in [1.165, 1.54) is 26.2 Å². The number of carbonyl (C=O) groups is 1. The minimum atomic E-state index is -3.61. The fraction of sp³-hybridized carbons (Fsp3) is 0.250. The summed E-state index contributed by atoms with van der Waals surface area (Å²) in [5.41, 5.74) is 3.72. The van der Waals surface area contributed by atoms with Gasteiger partial charge in [0.05, 0.1) is 15.6 Å². The number of hydrogen-bond acceptors (Lipinski definition) is 6. The third-order valence-corrected chi connectivity index (χ3v) is 7.63. The van der Waals surface area contributed by atoms with Crippen LogP contribution in [0.15, 0.2) is 52.7 Å². The van der Waals surface area contributed by atoms with Crippen LogP contribution in [-0.4, -0.2) is 37.7 Å². The van der Waals surface area contributed by atoms with Gasteiger partial charge in [0.2, 0.25) is 15.9 Å². The molecule has 33 heavy (non-hydrogen) atoms. The third kappa shape index (κ3) is 6.28. The summed E-state index contributed by atoms with van der Waals surface area (Å²) in [5, 5.41) is 5.75. The first-order valence-corrected chi connectivity index (χ1v) is 12.5. The molecule has 1 aromatic heterocycles. The van der Waals surface area contributed by atoms with E-state index >= 15 is 0 Å². The number of nitrogens with one attached hydrogen (secondary N) is 1. The number of sulfonamides is 1. The zero-order valence-electron chi connectivity index (χ0n) is 19.2. The molecule has 3 rings (SSSR count). The molecule has 1 amide bonds. The maximum Gasteiger partial charge on any atom is 0.248 e. The lowest BCUT2D eigenvalue weighted by molar-refractivity contribution is -0.111. The Morgan fingerprint density at radius 1 is 1.18 bits per heavy atom. The standard InChI is InChI=1S/C24H27N3O4S2/c1-16-11-22(33(29,30)27(4)5)13-23(17(16)2)26-24(28)10-9-19-7-6-8-21(12-19)31-14-20-15-32-18(3)25-20/h6-13,15H,14H2,1-5H3,(H,26,28)/b10-9+. The highest BCUT2D eigenvalue weighted by atomic mass is 32.2. The fourth-order valence-corrected chi connectivity index (χ4v) is 4.61. The van der Waals surface area contributed by atoms with Gasteiger partial charge in [-0.2, -0.15) is 0 Å². The number of hydrogen-bond donors (Lipinski definition) is 1. The molecule has 0 atom stereocenters. The second-order valence-corrected chi connectivity index (χ2v) is 11.0. The van der Waals surface area contributed by atoms with Crippen LogP contribution in [0.1, 0.15) is 27.4 Å². The van der Waals surface area contributed by atoms with Crippen LogP contribution in [0.4, 0.5) is 5.69 Å². The van der Waals surface area contributed by atoms with E-state index in [4.69, 9.17) is 4.74 Å². The lowest BCUT2D eigenvalue weighted by atomic mass is 10.1. The molecule has 0 aliphatic rings. The average molecular weight is 486 g/mol. The van der Waals surface area contributed by atoms with Crippen molar-refractivity contribution in [3.05, 3.63) is 75.2 Å². The van der Waals surface area contributed by atoms with Gasteiger partial charge < -0.3 is 10.1 Å². The molecule has 0 spiro atoms. The number of anilines is 1. The Bertz CT molecular complexity index is 1290. The average Bonchev–Trinajstić information content (AvgIpc) is 3.19. The second kappa shape index (κ2) is 10.3. The number of rotatable bonds is 8. The van der Waals surface area contributed by atoms with E-state index in [0.29, 0.717) is 18.0 Å². The van der Waals surface area contributed by atoms with Gasteiger partial charge in [0, 0.05) is 31.2 Å². The molecule has 1 N–H and O–H groups in total.